The van der Waals surface area contributed by atoms with Gasteiger partial charge in [-0.2, -0.15) is 5.37 Å². The van der Waals surface area contributed by atoms with Crippen LogP contribution in [0, 0.1) is 0 Å². The molecule has 6 heavy (non-hydrogen) atoms. The molecule has 0 aliphatic rings. The highest BCUT2D eigenvalue weighted by Crippen LogP contribution is 1.98. The van der Waals surface area contributed by atoms with E-state index in [4.69, 9.17) is 23.5 Å². The normalized spacial score (nSPS) is 7.50. The molecule has 0 rings (SSSR count). The van der Waals surface area contributed by atoms with Crippen LogP contribution in [0.15, 0.2) is 9.75 Å². The summed E-state index contributed by atoms with van der Waals surface area (Å²) in [4.78, 5) is 0. The van der Waals surface area contributed by atoms with Gasteiger partial charge in [-0.1, -0.05) is 20.3 Å². The summed E-state index contributed by atoms with van der Waals surface area (Å²) in [5.41, 5.74) is 0. The van der Waals surface area contributed by atoms with Crippen LogP contribution in [0.1, 0.15) is 0 Å². The monoisotopic (exact) mass is 136 g/mol. The molecule has 0 bridgehead atoms. The summed E-state index contributed by atoms with van der Waals surface area (Å²) in [6, 6.07) is 0. The molecular weight excluding hydrogens is 136 g/mol. The smallest absolute Gasteiger partial charge is 0.121 e. The zero-order chi connectivity index (χ0) is 5.15. The van der Waals surface area contributed by atoms with Gasteiger partial charge in [0.1, 0.15) is 7.85 Å². The molecule has 0 atom stereocenters. The van der Waals surface area contributed by atoms with E-state index in [1.165, 1.54) is 0 Å². The summed E-state index contributed by atoms with van der Waals surface area (Å²) in [5.74, 6) is 0. The Labute approximate surface area is 49.7 Å². The van der Waals surface area contributed by atoms with E-state index >= 15 is 0 Å². The summed E-state index contributed by atoms with van der Waals surface area (Å²) in [5, 5.41) is 0.120. The maximum Gasteiger partial charge on any atom is 0.121 e. The zero-order valence-corrected chi connectivity index (χ0v) is 4.70. The molecule has 0 unspecified atom stereocenters. The van der Waals surface area contributed by atoms with E-state index in [0.29, 0.717) is 4.38 Å². The Morgan fingerprint density at radius 1 is 1.17 bits per heavy atom. The largest absolute Gasteiger partial charge is 0.161 e. The molecule has 0 N–H and O–H groups in total. The van der Waals surface area contributed by atoms with Crippen molar-refractivity contribution in [3.8, 4) is 0 Å². The Hall–Kier alpha value is 0.415. The molecule has 0 aromatic heterocycles. The van der Waals surface area contributed by atoms with E-state index in [0.717, 1.165) is 0 Å². The van der Waals surface area contributed by atoms with Crippen molar-refractivity contribution in [2.45, 2.75) is 0 Å². The molecule has 0 nitrogen and oxygen atoms in total. The van der Waals surface area contributed by atoms with Gasteiger partial charge in [0, 0.05) is 0 Å². The van der Waals surface area contributed by atoms with E-state index in [2.05, 4.69) is 15.9 Å². The summed E-state index contributed by atoms with van der Waals surface area (Å²) >= 11 is 2.85. The average molecular weight is 136 g/mol. The lowest BCUT2D eigenvalue weighted by atomic mass is 9.75. The third kappa shape index (κ3) is 2.64. The summed E-state index contributed by atoms with van der Waals surface area (Å²) in [7, 11) is 14.8. The van der Waals surface area contributed by atoms with Crippen LogP contribution in [-0.2, 0) is 0 Å². The van der Waals surface area contributed by atoms with Gasteiger partial charge in [-0.15, -0.1) is 0 Å². The first-order valence-electron chi connectivity index (χ1n) is 1.31. The van der Waals surface area contributed by atoms with Gasteiger partial charge in [0.05, 0.1) is 15.7 Å². The van der Waals surface area contributed by atoms with Gasteiger partial charge in [-0.25, -0.2) is 0 Å². The first-order valence-corrected chi connectivity index (χ1v) is 2.10. The summed E-state index contributed by atoms with van der Waals surface area (Å²) in [6.07, 6.45) is 0. The molecular formula is C2B3Br. The van der Waals surface area contributed by atoms with Crippen molar-refractivity contribution in [3.63, 3.8) is 0 Å². The van der Waals surface area contributed by atoms with Crippen LogP contribution in [0.2, 0.25) is 0 Å². The molecule has 0 heterocycles. The fraction of sp³-hybridized carbons (Fsp3) is 0. The molecule has 0 spiro atoms. The van der Waals surface area contributed by atoms with Crippen LogP contribution in [-0.4, -0.2) is 23.5 Å². The van der Waals surface area contributed by atoms with Crippen LogP contribution in [0.25, 0.3) is 0 Å². The first kappa shape index (κ1) is 6.41. The molecule has 0 aliphatic heterocycles. The number of hydrogen-bond donors (Lipinski definition) is 0. The highest BCUT2D eigenvalue weighted by atomic mass is 79.9. The quantitative estimate of drug-likeness (QED) is 0.412. The molecule has 24 valence electrons. The second-order valence-corrected chi connectivity index (χ2v) is 1.66. The second-order valence-electron chi connectivity index (χ2n) is 0.803. The van der Waals surface area contributed by atoms with Crippen LogP contribution in [0.5, 0.6) is 0 Å². The van der Waals surface area contributed by atoms with Crippen LogP contribution < -0.4 is 0 Å². The Morgan fingerprint density at radius 3 is 1.33 bits per heavy atom. The Bertz CT molecular complexity index is 58.9. The second kappa shape index (κ2) is 2.56. The lowest BCUT2D eigenvalue weighted by molar-refractivity contribution is 2.29. The number of hydrogen-bond acceptors (Lipinski definition) is 0. The maximum absolute atomic E-state index is 4.98. The van der Waals surface area contributed by atoms with Gasteiger partial charge in [-0.05, 0) is 0 Å². The van der Waals surface area contributed by atoms with Gasteiger partial charge < -0.3 is 0 Å². The van der Waals surface area contributed by atoms with Crippen molar-refractivity contribution in [3.05, 3.63) is 9.75 Å². The predicted octanol–water partition coefficient (Wildman–Crippen LogP) is 0.0134. The number of halogens is 1. The van der Waals surface area contributed by atoms with Crippen molar-refractivity contribution in [2.24, 2.45) is 0 Å². The van der Waals surface area contributed by atoms with Gasteiger partial charge in [0.15, 0.2) is 0 Å². The van der Waals surface area contributed by atoms with Crippen molar-refractivity contribution in [1.29, 1.82) is 0 Å². The molecule has 6 radical (unpaired) electrons. The van der Waals surface area contributed by atoms with Crippen molar-refractivity contribution < 1.29 is 0 Å². The maximum atomic E-state index is 4.98. The SMILES string of the molecule is [B]C([B])=C([B])Br. The van der Waals surface area contributed by atoms with E-state index in [-0.39, 0.29) is 5.37 Å². The minimum Gasteiger partial charge on any atom is -0.161 e. The van der Waals surface area contributed by atoms with E-state index in [9.17, 15) is 0 Å². The van der Waals surface area contributed by atoms with Gasteiger partial charge >= 0.3 is 0 Å². The fourth-order valence-corrected chi connectivity index (χ4v) is 0. The minimum absolute atomic E-state index is 0.120. The lowest BCUT2D eigenvalue weighted by Crippen LogP contribution is -1.81. The number of rotatable bonds is 0. The minimum atomic E-state index is 0.120. The van der Waals surface area contributed by atoms with Crippen LogP contribution >= 0.6 is 15.9 Å². The van der Waals surface area contributed by atoms with Crippen LogP contribution in [0.3, 0.4) is 0 Å². The Balaban J connectivity index is 3.68. The Kier molecular flexibility index (Phi) is 2.74. The molecule has 0 aliphatic carbocycles. The third-order valence-electron chi connectivity index (χ3n) is 0.276. The standard InChI is InChI=1S/C2B3Br/c3-1(4)2(5)6. The van der Waals surface area contributed by atoms with Gasteiger partial charge in [0.25, 0.3) is 0 Å². The molecule has 4 heteroatoms. The summed E-state index contributed by atoms with van der Waals surface area (Å²) in [6.45, 7) is 0. The van der Waals surface area contributed by atoms with E-state index in [1.807, 2.05) is 0 Å². The first-order chi connectivity index (χ1) is 2.64. The highest BCUT2D eigenvalue weighted by molar-refractivity contribution is 9.12. The highest BCUT2D eigenvalue weighted by Gasteiger charge is 1.77. The van der Waals surface area contributed by atoms with Crippen molar-refractivity contribution >= 4 is 39.5 Å². The molecule has 0 aromatic carbocycles. The molecule has 0 saturated heterocycles. The lowest BCUT2D eigenvalue weighted by Gasteiger charge is -1.87. The van der Waals surface area contributed by atoms with Crippen LogP contribution in [0.4, 0.5) is 0 Å². The van der Waals surface area contributed by atoms with Crippen molar-refractivity contribution in [1.82, 2.24) is 0 Å². The average Bonchev–Trinajstić information content (AvgIpc) is 1.36. The molecule has 0 fully saturated rings. The van der Waals surface area contributed by atoms with E-state index < -0.39 is 0 Å². The Morgan fingerprint density at radius 2 is 1.33 bits per heavy atom. The summed E-state index contributed by atoms with van der Waals surface area (Å²) < 4.78 is 0.294. The third-order valence-corrected chi connectivity index (χ3v) is 0.734. The van der Waals surface area contributed by atoms with Gasteiger partial charge in [0.2, 0.25) is 0 Å². The van der Waals surface area contributed by atoms with Crippen molar-refractivity contribution in [2.75, 3.05) is 0 Å². The van der Waals surface area contributed by atoms with E-state index in [1.54, 1.807) is 0 Å². The fourth-order valence-electron chi connectivity index (χ4n) is 0. The predicted molar refractivity (Wildman–Crippen MR) is 33.2 cm³/mol. The zero-order valence-electron chi connectivity index (χ0n) is 3.11. The molecule has 0 aromatic rings. The molecule has 0 amide bonds. The topological polar surface area (TPSA) is 0 Å². The molecule has 0 saturated carbocycles. The van der Waals surface area contributed by atoms with Gasteiger partial charge in [-0.3, -0.25) is 0 Å².